The first kappa shape index (κ1) is 17.8. The molecule has 1 heterocycles. The second kappa shape index (κ2) is 7.79. The summed E-state index contributed by atoms with van der Waals surface area (Å²) in [6.45, 7) is 2.59. The van der Waals surface area contributed by atoms with Crippen LogP contribution in [-0.4, -0.2) is 46.9 Å². The molecule has 6 heteroatoms. The van der Waals surface area contributed by atoms with E-state index in [0.29, 0.717) is 32.2 Å². The molecule has 0 aromatic carbocycles. The summed E-state index contributed by atoms with van der Waals surface area (Å²) in [6, 6.07) is -0.439. The molecule has 1 aliphatic heterocycles. The molecule has 0 radical (unpaired) electrons. The van der Waals surface area contributed by atoms with E-state index < -0.39 is 17.4 Å². The first-order valence-electron chi connectivity index (χ1n) is 8.81. The summed E-state index contributed by atoms with van der Waals surface area (Å²) in [5.74, 6) is -1.02. The van der Waals surface area contributed by atoms with E-state index in [2.05, 4.69) is 5.32 Å². The highest BCUT2D eigenvalue weighted by Gasteiger charge is 2.41. The lowest BCUT2D eigenvalue weighted by Crippen LogP contribution is -2.54. The fourth-order valence-electron chi connectivity index (χ4n) is 3.77. The standard InChI is InChI=1S/C17H28N2O4/c1-2-14(20)19-11-7-4-8-13(19)15(21)18-12-17(16(22)23)9-5-3-6-10-17/h13H,2-12H2,1H3,(H,18,21)(H,22,23). The van der Waals surface area contributed by atoms with Gasteiger partial charge >= 0.3 is 5.97 Å². The molecular formula is C17H28N2O4. The van der Waals surface area contributed by atoms with Gasteiger partial charge in [0, 0.05) is 19.5 Å². The predicted octanol–water partition coefficient (Wildman–Crippen LogP) is 1.93. The van der Waals surface area contributed by atoms with Crippen LogP contribution in [0.4, 0.5) is 0 Å². The summed E-state index contributed by atoms with van der Waals surface area (Å²) in [7, 11) is 0. The quantitative estimate of drug-likeness (QED) is 0.809. The molecule has 2 N–H and O–H groups in total. The van der Waals surface area contributed by atoms with E-state index in [9.17, 15) is 19.5 Å². The van der Waals surface area contributed by atoms with Gasteiger partial charge in [-0.15, -0.1) is 0 Å². The van der Waals surface area contributed by atoms with E-state index in [4.69, 9.17) is 0 Å². The fourth-order valence-corrected chi connectivity index (χ4v) is 3.77. The molecule has 1 aliphatic carbocycles. The van der Waals surface area contributed by atoms with Crippen LogP contribution in [0.15, 0.2) is 0 Å². The third-order valence-electron chi connectivity index (χ3n) is 5.29. The topological polar surface area (TPSA) is 86.7 Å². The van der Waals surface area contributed by atoms with Gasteiger partial charge < -0.3 is 15.3 Å². The zero-order chi connectivity index (χ0) is 16.9. The number of nitrogens with one attached hydrogen (secondary N) is 1. The summed E-state index contributed by atoms with van der Waals surface area (Å²) in [6.07, 6.45) is 6.99. The van der Waals surface area contributed by atoms with Crippen LogP contribution in [-0.2, 0) is 14.4 Å². The number of likely N-dealkylation sites (tertiary alicyclic amines) is 1. The summed E-state index contributed by atoms with van der Waals surface area (Å²) >= 11 is 0. The first-order valence-corrected chi connectivity index (χ1v) is 8.81. The van der Waals surface area contributed by atoms with Crippen molar-refractivity contribution >= 4 is 17.8 Å². The van der Waals surface area contributed by atoms with Crippen LogP contribution in [0.1, 0.15) is 64.7 Å². The number of rotatable bonds is 5. The van der Waals surface area contributed by atoms with Gasteiger partial charge in [-0.1, -0.05) is 26.2 Å². The highest BCUT2D eigenvalue weighted by molar-refractivity contribution is 5.88. The normalized spacial score (nSPS) is 24.0. The van der Waals surface area contributed by atoms with Crippen molar-refractivity contribution in [3.05, 3.63) is 0 Å². The first-order chi connectivity index (χ1) is 11.0. The van der Waals surface area contributed by atoms with Gasteiger partial charge in [-0.3, -0.25) is 14.4 Å². The molecule has 6 nitrogen and oxygen atoms in total. The fraction of sp³-hybridized carbons (Fsp3) is 0.824. The molecule has 0 spiro atoms. The van der Waals surface area contributed by atoms with E-state index in [1.54, 1.807) is 11.8 Å². The lowest BCUT2D eigenvalue weighted by atomic mass is 9.74. The lowest BCUT2D eigenvalue weighted by Gasteiger charge is -2.37. The number of hydrogen-bond donors (Lipinski definition) is 2. The molecule has 1 saturated heterocycles. The Morgan fingerprint density at radius 1 is 1.13 bits per heavy atom. The maximum absolute atomic E-state index is 12.5. The van der Waals surface area contributed by atoms with Crippen LogP contribution < -0.4 is 5.32 Å². The van der Waals surface area contributed by atoms with Gasteiger partial charge in [0.2, 0.25) is 11.8 Å². The molecule has 2 aliphatic rings. The average Bonchev–Trinajstić information content (AvgIpc) is 2.59. The SMILES string of the molecule is CCC(=O)N1CCCCC1C(=O)NCC1(C(=O)O)CCCCC1. The van der Waals surface area contributed by atoms with Gasteiger partial charge in [0.05, 0.1) is 5.41 Å². The molecule has 1 unspecified atom stereocenters. The molecule has 130 valence electrons. The Morgan fingerprint density at radius 3 is 2.43 bits per heavy atom. The number of carboxylic acids is 1. The van der Waals surface area contributed by atoms with E-state index in [1.165, 1.54) is 0 Å². The minimum Gasteiger partial charge on any atom is -0.481 e. The number of piperidine rings is 1. The van der Waals surface area contributed by atoms with Gasteiger partial charge in [-0.2, -0.15) is 0 Å². The van der Waals surface area contributed by atoms with E-state index in [0.717, 1.165) is 32.1 Å². The van der Waals surface area contributed by atoms with Crippen molar-refractivity contribution in [1.82, 2.24) is 10.2 Å². The molecule has 1 saturated carbocycles. The van der Waals surface area contributed by atoms with Crippen LogP contribution in [0, 0.1) is 5.41 Å². The van der Waals surface area contributed by atoms with Gasteiger partial charge in [0.15, 0.2) is 0 Å². The smallest absolute Gasteiger partial charge is 0.311 e. The summed E-state index contributed by atoms with van der Waals surface area (Å²) < 4.78 is 0. The summed E-state index contributed by atoms with van der Waals surface area (Å²) in [4.78, 5) is 37.9. The molecule has 0 aromatic heterocycles. The van der Waals surface area contributed by atoms with Gasteiger partial charge in [0.25, 0.3) is 0 Å². The van der Waals surface area contributed by atoms with Gasteiger partial charge in [-0.25, -0.2) is 0 Å². The number of amides is 2. The third-order valence-corrected chi connectivity index (χ3v) is 5.29. The molecule has 0 bridgehead atoms. The van der Waals surface area contributed by atoms with Crippen LogP contribution in [0.2, 0.25) is 0 Å². The monoisotopic (exact) mass is 324 g/mol. The number of hydrogen-bond acceptors (Lipinski definition) is 3. The zero-order valence-electron chi connectivity index (χ0n) is 14.0. The van der Waals surface area contributed by atoms with Crippen molar-refractivity contribution in [2.75, 3.05) is 13.1 Å². The number of nitrogens with zero attached hydrogens (tertiary/aromatic N) is 1. The predicted molar refractivity (Wildman–Crippen MR) is 85.8 cm³/mol. The van der Waals surface area contributed by atoms with Crippen LogP contribution in [0.5, 0.6) is 0 Å². The Kier molecular flexibility index (Phi) is 6.02. The largest absolute Gasteiger partial charge is 0.481 e. The van der Waals surface area contributed by atoms with Gasteiger partial charge in [0.1, 0.15) is 6.04 Å². The Hall–Kier alpha value is -1.59. The van der Waals surface area contributed by atoms with E-state index >= 15 is 0 Å². The van der Waals surface area contributed by atoms with Crippen molar-refractivity contribution in [1.29, 1.82) is 0 Å². The lowest BCUT2D eigenvalue weighted by molar-refractivity contribution is -0.151. The Bertz CT molecular complexity index is 458. The van der Waals surface area contributed by atoms with Crippen molar-refractivity contribution in [3.8, 4) is 0 Å². The molecule has 1 atom stereocenters. The molecule has 2 fully saturated rings. The molecule has 2 amide bonds. The number of carboxylic acid groups (broad SMARTS) is 1. The Balaban J connectivity index is 1.99. The summed E-state index contributed by atoms with van der Waals surface area (Å²) in [5.41, 5.74) is -0.831. The Labute approximate surface area is 137 Å². The average molecular weight is 324 g/mol. The van der Waals surface area contributed by atoms with Crippen molar-refractivity contribution in [2.45, 2.75) is 70.8 Å². The van der Waals surface area contributed by atoms with Crippen LogP contribution in [0.25, 0.3) is 0 Å². The van der Waals surface area contributed by atoms with Crippen molar-refractivity contribution < 1.29 is 19.5 Å². The molecule has 23 heavy (non-hydrogen) atoms. The number of carbonyl (C=O) groups is 3. The summed E-state index contributed by atoms with van der Waals surface area (Å²) in [5, 5.41) is 12.4. The number of aliphatic carboxylic acids is 1. The zero-order valence-corrected chi connectivity index (χ0v) is 14.0. The van der Waals surface area contributed by atoms with E-state index in [1.807, 2.05) is 0 Å². The van der Waals surface area contributed by atoms with Gasteiger partial charge in [-0.05, 0) is 32.1 Å². The van der Waals surface area contributed by atoms with Crippen LogP contribution in [0.3, 0.4) is 0 Å². The molecule has 0 aromatic rings. The van der Waals surface area contributed by atoms with Crippen LogP contribution >= 0.6 is 0 Å². The second-order valence-corrected chi connectivity index (χ2v) is 6.82. The maximum Gasteiger partial charge on any atom is 0.311 e. The Morgan fingerprint density at radius 2 is 1.83 bits per heavy atom. The minimum absolute atomic E-state index is 0.00420. The maximum atomic E-state index is 12.5. The number of carbonyl (C=O) groups excluding carboxylic acids is 2. The minimum atomic E-state index is -0.831. The van der Waals surface area contributed by atoms with E-state index in [-0.39, 0.29) is 18.4 Å². The van der Waals surface area contributed by atoms with Crippen molar-refractivity contribution in [3.63, 3.8) is 0 Å². The third kappa shape index (κ3) is 4.03. The van der Waals surface area contributed by atoms with Crippen molar-refractivity contribution in [2.24, 2.45) is 5.41 Å². The highest BCUT2D eigenvalue weighted by Crippen LogP contribution is 2.36. The second-order valence-electron chi connectivity index (χ2n) is 6.82. The highest BCUT2D eigenvalue weighted by atomic mass is 16.4. The molecular weight excluding hydrogens is 296 g/mol. The molecule has 2 rings (SSSR count).